The fraction of sp³-hybridized carbons (Fsp3) is 1.00. The van der Waals surface area contributed by atoms with E-state index in [2.05, 4.69) is 18.7 Å². The molecule has 0 aromatic rings. The van der Waals surface area contributed by atoms with Gasteiger partial charge in [0, 0.05) is 18.1 Å². The second kappa shape index (κ2) is 5.37. The number of likely N-dealkylation sites (tertiary alicyclic amines) is 1. The zero-order chi connectivity index (χ0) is 13.5. The summed E-state index contributed by atoms with van der Waals surface area (Å²) in [4.78, 5) is 2.89. The standard InChI is InChI=1S/C17H32N2/c1-13-9-14(2)11-17(10-13,12-18)19-8-7-15-5-3-4-6-16(15)19/h13-16H,3-12,18H2,1-2H3. The van der Waals surface area contributed by atoms with Crippen LogP contribution in [0.2, 0.25) is 0 Å². The molecule has 2 aliphatic carbocycles. The fourth-order valence-corrected chi connectivity index (χ4v) is 5.75. The van der Waals surface area contributed by atoms with Crippen molar-refractivity contribution in [2.45, 2.75) is 76.8 Å². The molecule has 4 unspecified atom stereocenters. The maximum Gasteiger partial charge on any atom is 0.0339 e. The Morgan fingerprint density at radius 3 is 2.42 bits per heavy atom. The molecule has 0 bridgehead atoms. The van der Waals surface area contributed by atoms with E-state index in [-0.39, 0.29) is 0 Å². The average Bonchev–Trinajstić information content (AvgIpc) is 2.81. The van der Waals surface area contributed by atoms with Crippen LogP contribution in [0, 0.1) is 17.8 Å². The molecule has 19 heavy (non-hydrogen) atoms. The van der Waals surface area contributed by atoms with Gasteiger partial charge in [-0.05, 0) is 62.8 Å². The summed E-state index contributed by atoms with van der Waals surface area (Å²) in [6, 6.07) is 0.870. The molecular weight excluding hydrogens is 232 g/mol. The number of rotatable bonds is 2. The van der Waals surface area contributed by atoms with Crippen LogP contribution in [0.1, 0.15) is 65.2 Å². The first kappa shape index (κ1) is 13.9. The van der Waals surface area contributed by atoms with E-state index in [1.807, 2.05) is 0 Å². The summed E-state index contributed by atoms with van der Waals surface area (Å²) >= 11 is 0. The minimum atomic E-state index is 0.341. The molecule has 3 aliphatic rings. The number of nitrogens with two attached hydrogens (primary N) is 1. The van der Waals surface area contributed by atoms with E-state index in [0.717, 1.165) is 30.3 Å². The molecule has 0 aromatic carbocycles. The number of hydrogen-bond donors (Lipinski definition) is 1. The second-order valence-corrected chi connectivity index (χ2v) is 7.88. The zero-order valence-corrected chi connectivity index (χ0v) is 12.9. The van der Waals surface area contributed by atoms with Crippen molar-refractivity contribution in [1.82, 2.24) is 4.90 Å². The fourth-order valence-electron chi connectivity index (χ4n) is 5.75. The minimum absolute atomic E-state index is 0.341. The van der Waals surface area contributed by atoms with Crippen LogP contribution in [0.5, 0.6) is 0 Å². The van der Waals surface area contributed by atoms with Crippen LogP contribution in [0.4, 0.5) is 0 Å². The van der Waals surface area contributed by atoms with Gasteiger partial charge < -0.3 is 5.73 Å². The quantitative estimate of drug-likeness (QED) is 0.828. The maximum atomic E-state index is 6.32. The minimum Gasteiger partial charge on any atom is -0.329 e. The van der Waals surface area contributed by atoms with Crippen molar-refractivity contribution in [3.8, 4) is 0 Å². The Kier molecular flexibility index (Phi) is 3.92. The van der Waals surface area contributed by atoms with Gasteiger partial charge in [-0.1, -0.05) is 26.7 Å². The van der Waals surface area contributed by atoms with Crippen LogP contribution in [0.25, 0.3) is 0 Å². The van der Waals surface area contributed by atoms with Gasteiger partial charge in [0.25, 0.3) is 0 Å². The summed E-state index contributed by atoms with van der Waals surface area (Å²) in [5.74, 6) is 2.70. The molecule has 0 amide bonds. The number of fused-ring (bicyclic) bond motifs is 1. The van der Waals surface area contributed by atoms with E-state index < -0.39 is 0 Å². The van der Waals surface area contributed by atoms with Crippen molar-refractivity contribution in [2.75, 3.05) is 13.1 Å². The largest absolute Gasteiger partial charge is 0.329 e. The van der Waals surface area contributed by atoms with E-state index in [4.69, 9.17) is 5.73 Å². The topological polar surface area (TPSA) is 29.3 Å². The number of hydrogen-bond acceptors (Lipinski definition) is 2. The second-order valence-electron chi connectivity index (χ2n) is 7.88. The molecule has 2 nitrogen and oxygen atoms in total. The van der Waals surface area contributed by atoms with Gasteiger partial charge in [0.2, 0.25) is 0 Å². The van der Waals surface area contributed by atoms with Crippen molar-refractivity contribution < 1.29 is 0 Å². The van der Waals surface area contributed by atoms with Gasteiger partial charge in [0.15, 0.2) is 0 Å². The third-order valence-corrected chi connectivity index (χ3v) is 6.26. The van der Waals surface area contributed by atoms with Crippen molar-refractivity contribution in [3.05, 3.63) is 0 Å². The Bertz CT molecular complexity index is 304. The van der Waals surface area contributed by atoms with Crippen molar-refractivity contribution in [3.63, 3.8) is 0 Å². The van der Waals surface area contributed by atoms with Crippen LogP contribution in [-0.2, 0) is 0 Å². The summed E-state index contributed by atoms with van der Waals surface area (Å²) in [5.41, 5.74) is 6.66. The lowest BCUT2D eigenvalue weighted by Crippen LogP contribution is -2.59. The smallest absolute Gasteiger partial charge is 0.0339 e. The van der Waals surface area contributed by atoms with Crippen LogP contribution >= 0.6 is 0 Å². The summed E-state index contributed by atoms with van der Waals surface area (Å²) in [6.07, 6.45) is 11.4. The molecule has 2 N–H and O–H groups in total. The Hall–Kier alpha value is -0.0800. The SMILES string of the molecule is CC1CC(C)CC(CN)(N2CCC3CCCCC32)C1. The summed E-state index contributed by atoms with van der Waals surface area (Å²) in [5, 5.41) is 0. The highest BCUT2D eigenvalue weighted by atomic mass is 15.3. The molecule has 0 aromatic heterocycles. The number of nitrogens with zero attached hydrogens (tertiary/aromatic N) is 1. The third-order valence-electron chi connectivity index (χ3n) is 6.26. The monoisotopic (exact) mass is 264 g/mol. The lowest BCUT2D eigenvalue weighted by Gasteiger charge is -2.51. The predicted molar refractivity (Wildman–Crippen MR) is 81.0 cm³/mol. The Labute approximate surface area is 119 Å². The lowest BCUT2D eigenvalue weighted by atomic mass is 9.70. The van der Waals surface area contributed by atoms with Crippen molar-refractivity contribution in [1.29, 1.82) is 0 Å². The Morgan fingerprint density at radius 2 is 1.74 bits per heavy atom. The Morgan fingerprint density at radius 1 is 1.05 bits per heavy atom. The molecule has 3 fully saturated rings. The molecule has 3 rings (SSSR count). The molecule has 2 heteroatoms. The predicted octanol–water partition coefficient (Wildman–Crippen LogP) is 3.40. The van der Waals surface area contributed by atoms with Crippen LogP contribution in [0.3, 0.4) is 0 Å². The Balaban J connectivity index is 1.81. The molecule has 4 atom stereocenters. The highest BCUT2D eigenvalue weighted by Crippen LogP contribution is 2.46. The van der Waals surface area contributed by atoms with Gasteiger partial charge in [-0.3, -0.25) is 4.90 Å². The highest BCUT2D eigenvalue weighted by Gasteiger charge is 2.48. The summed E-state index contributed by atoms with van der Waals surface area (Å²) in [7, 11) is 0. The van der Waals surface area contributed by atoms with Gasteiger partial charge >= 0.3 is 0 Å². The molecule has 0 radical (unpaired) electrons. The van der Waals surface area contributed by atoms with Gasteiger partial charge in [0.05, 0.1) is 0 Å². The van der Waals surface area contributed by atoms with E-state index in [1.165, 1.54) is 57.9 Å². The molecule has 0 spiro atoms. The summed E-state index contributed by atoms with van der Waals surface area (Å²) < 4.78 is 0. The highest BCUT2D eigenvalue weighted by molar-refractivity contribution is 5.04. The first-order valence-electron chi connectivity index (χ1n) is 8.61. The summed E-state index contributed by atoms with van der Waals surface area (Å²) in [6.45, 7) is 7.08. The average molecular weight is 264 g/mol. The van der Waals surface area contributed by atoms with Crippen molar-refractivity contribution >= 4 is 0 Å². The van der Waals surface area contributed by atoms with Gasteiger partial charge in [0.1, 0.15) is 0 Å². The molecule has 1 saturated heterocycles. The maximum absolute atomic E-state index is 6.32. The van der Waals surface area contributed by atoms with Crippen LogP contribution < -0.4 is 5.73 Å². The molecular formula is C17H32N2. The lowest BCUT2D eigenvalue weighted by molar-refractivity contribution is -0.00383. The first-order valence-corrected chi connectivity index (χ1v) is 8.61. The van der Waals surface area contributed by atoms with E-state index >= 15 is 0 Å². The molecule has 110 valence electrons. The first-order chi connectivity index (χ1) is 9.14. The normalized spacial score (nSPS) is 48.2. The third kappa shape index (κ3) is 2.47. The van der Waals surface area contributed by atoms with Gasteiger partial charge in [-0.15, -0.1) is 0 Å². The van der Waals surface area contributed by atoms with E-state index in [9.17, 15) is 0 Å². The van der Waals surface area contributed by atoms with E-state index in [0.29, 0.717) is 5.54 Å². The van der Waals surface area contributed by atoms with E-state index in [1.54, 1.807) is 0 Å². The molecule has 2 saturated carbocycles. The molecule has 1 aliphatic heterocycles. The molecule has 1 heterocycles. The zero-order valence-electron chi connectivity index (χ0n) is 12.9. The van der Waals surface area contributed by atoms with Gasteiger partial charge in [-0.25, -0.2) is 0 Å². The van der Waals surface area contributed by atoms with Crippen LogP contribution in [0.15, 0.2) is 0 Å². The van der Waals surface area contributed by atoms with Crippen molar-refractivity contribution in [2.24, 2.45) is 23.5 Å². The van der Waals surface area contributed by atoms with Gasteiger partial charge in [-0.2, -0.15) is 0 Å². The van der Waals surface area contributed by atoms with Crippen LogP contribution in [-0.4, -0.2) is 29.6 Å².